The van der Waals surface area contributed by atoms with Crippen molar-refractivity contribution in [1.82, 2.24) is 19.8 Å². The molecule has 71 heavy (non-hydrogen) atoms. The van der Waals surface area contributed by atoms with Crippen molar-refractivity contribution in [2.24, 2.45) is 0 Å². The molecule has 20 heteroatoms. The molecule has 400 valence electrons. The first-order chi connectivity index (χ1) is 32.3. The zero-order valence-corrected chi connectivity index (χ0v) is 45.1. The Labute approximate surface area is 420 Å². The lowest BCUT2D eigenvalue weighted by molar-refractivity contribution is -0.197. The molecule has 1 aromatic carbocycles. The molecule has 0 saturated carbocycles. The molecule has 0 aliphatic carbocycles. The summed E-state index contributed by atoms with van der Waals surface area (Å²) in [6.45, 7) is 26.3. The first-order valence-electron chi connectivity index (χ1n) is 24.1. The van der Waals surface area contributed by atoms with Crippen LogP contribution in [0, 0.1) is 0 Å². The summed E-state index contributed by atoms with van der Waals surface area (Å²) >= 11 is 0. The maximum Gasteiger partial charge on any atom is 0.333 e. The molecule has 1 saturated heterocycles. The van der Waals surface area contributed by atoms with E-state index < -0.39 is 93.6 Å². The van der Waals surface area contributed by atoms with Crippen LogP contribution in [0.1, 0.15) is 148 Å². The van der Waals surface area contributed by atoms with Gasteiger partial charge in [0.15, 0.2) is 0 Å². The van der Waals surface area contributed by atoms with E-state index in [1.165, 1.54) is 0 Å². The molecule has 0 bridgehead atoms. The number of hydrogen-bond donors (Lipinski definition) is 1. The van der Waals surface area contributed by atoms with Gasteiger partial charge in [-0.2, -0.15) is 0 Å². The van der Waals surface area contributed by atoms with Gasteiger partial charge in [-0.3, -0.25) is 53.1 Å². The van der Waals surface area contributed by atoms with Crippen LogP contribution in [-0.4, -0.2) is 159 Å². The van der Waals surface area contributed by atoms with Crippen molar-refractivity contribution in [3.8, 4) is 0 Å². The Kier molecular flexibility index (Phi) is 22.8. The molecule has 0 radical (unpaired) electrons. The summed E-state index contributed by atoms with van der Waals surface area (Å²) < 4.78 is 28.5. The van der Waals surface area contributed by atoms with Crippen LogP contribution in [0.5, 0.6) is 0 Å². The fourth-order valence-electron chi connectivity index (χ4n) is 7.11. The van der Waals surface area contributed by atoms with Crippen LogP contribution in [-0.2, 0) is 78.1 Å². The number of anilines is 1. The molecule has 1 N–H and O–H groups in total. The third-order valence-corrected chi connectivity index (χ3v) is 9.61. The number of carbonyl (C=O) groups excluding carboxylic acids is 9. The highest BCUT2D eigenvalue weighted by molar-refractivity contribution is 6.01. The average molecular weight is 1000 g/mol. The van der Waals surface area contributed by atoms with E-state index in [2.05, 4.69) is 5.32 Å². The Morgan fingerprint density at radius 2 is 0.915 bits per heavy atom. The summed E-state index contributed by atoms with van der Waals surface area (Å²) in [7, 11) is 0. The summed E-state index contributed by atoms with van der Waals surface area (Å²) in [4.78, 5) is 126. The lowest BCUT2D eigenvalue weighted by Crippen LogP contribution is -2.54. The Morgan fingerprint density at radius 1 is 0.535 bits per heavy atom. The lowest BCUT2D eigenvalue weighted by atomic mass is 10.0. The number of carbonyl (C=O) groups is 9. The molecule has 1 aliphatic heterocycles. The number of rotatable bonds is 24. The Balaban J connectivity index is 2.59. The van der Waals surface area contributed by atoms with E-state index in [0.29, 0.717) is 16.3 Å². The van der Waals surface area contributed by atoms with Gasteiger partial charge in [0.1, 0.15) is 28.0 Å². The predicted molar refractivity (Wildman–Crippen MR) is 262 cm³/mol. The molecule has 0 spiro atoms. The second-order valence-electron chi connectivity index (χ2n) is 22.8. The van der Waals surface area contributed by atoms with E-state index >= 15 is 0 Å². The molecular weight excluding hydrogens is 923 g/mol. The molecule has 2 unspecified atom stereocenters. The van der Waals surface area contributed by atoms with E-state index in [9.17, 15) is 43.2 Å². The zero-order valence-electron chi connectivity index (χ0n) is 45.1. The van der Waals surface area contributed by atoms with Crippen LogP contribution in [0.2, 0.25) is 0 Å². The van der Waals surface area contributed by atoms with Crippen molar-refractivity contribution in [2.75, 3.05) is 51.1 Å². The SMILES string of the molecule is CC(CN(CC(=O)OC(C)(C)C)CC(Cc1ccc(NC(=O)CCCC(=O)ON2C(=O)CCC2=O)cc1)N(CC(=O)OC(C)(C)C)CC(=O)OC(C)(C)C)N(CC(=O)OC(C)(C)C)CC(=O)OC(C)(C)C. The van der Waals surface area contributed by atoms with Crippen LogP contribution >= 0.6 is 0 Å². The van der Waals surface area contributed by atoms with Crippen molar-refractivity contribution in [3.63, 3.8) is 0 Å². The molecule has 20 nitrogen and oxygen atoms in total. The van der Waals surface area contributed by atoms with Crippen molar-refractivity contribution in [2.45, 2.75) is 189 Å². The maximum atomic E-state index is 13.7. The summed E-state index contributed by atoms with van der Waals surface area (Å²) in [5, 5.41) is 3.24. The standard InChI is InChI=1S/C51H81N5O15/c1-34(54(30-43(62)67-48(5,6)7)31-44(63)68-49(8,9)10)27-53(29-42(61)66-47(2,3)4)28-37(55(32-45(64)69-50(11,12)13)33-46(65)70-51(14,15)16)26-35-20-22-36(23-21-35)52-38(57)18-17-19-41(60)71-56-39(58)24-25-40(56)59/h20-23,34,37H,17-19,24-33H2,1-16H3,(H,52,57). The van der Waals surface area contributed by atoms with Crippen molar-refractivity contribution >= 4 is 59.2 Å². The summed E-state index contributed by atoms with van der Waals surface area (Å²) in [5.41, 5.74) is -3.09. The monoisotopic (exact) mass is 1000 g/mol. The zero-order chi connectivity index (χ0) is 54.3. The van der Waals surface area contributed by atoms with E-state index in [0.717, 1.165) is 0 Å². The van der Waals surface area contributed by atoms with Gasteiger partial charge in [0, 0.05) is 56.5 Å². The van der Waals surface area contributed by atoms with Gasteiger partial charge in [0.2, 0.25) is 5.91 Å². The second-order valence-corrected chi connectivity index (χ2v) is 22.8. The second kappa shape index (κ2) is 26.3. The molecule has 2 atom stereocenters. The number of nitrogens with one attached hydrogen (secondary N) is 1. The minimum Gasteiger partial charge on any atom is -0.459 e. The van der Waals surface area contributed by atoms with Gasteiger partial charge in [-0.15, -0.1) is 5.06 Å². The van der Waals surface area contributed by atoms with Crippen molar-refractivity contribution < 1.29 is 71.7 Å². The molecule has 1 aromatic rings. The normalized spacial score (nSPS) is 14.5. The number of hydroxylamine groups is 2. The highest BCUT2D eigenvalue weighted by atomic mass is 16.7. The fourth-order valence-corrected chi connectivity index (χ4v) is 7.11. The van der Waals surface area contributed by atoms with Crippen molar-refractivity contribution in [3.05, 3.63) is 29.8 Å². The van der Waals surface area contributed by atoms with E-state index in [-0.39, 0.29) is 84.3 Å². The number of nitrogens with zero attached hydrogens (tertiary/aromatic N) is 4. The number of amides is 3. The van der Waals surface area contributed by atoms with Crippen LogP contribution in [0.4, 0.5) is 5.69 Å². The topological polar surface area (TPSA) is 234 Å². The van der Waals surface area contributed by atoms with Gasteiger partial charge >= 0.3 is 35.8 Å². The smallest absolute Gasteiger partial charge is 0.333 e. The molecule has 1 aliphatic rings. The van der Waals surface area contributed by atoms with E-state index in [1.54, 1.807) is 150 Å². The van der Waals surface area contributed by atoms with Crippen LogP contribution in [0.3, 0.4) is 0 Å². The minimum atomic E-state index is -0.869. The Morgan fingerprint density at radius 3 is 1.31 bits per heavy atom. The number of esters is 5. The van der Waals surface area contributed by atoms with Gasteiger partial charge < -0.3 is 33.8 Å². The van der Waals surface area contributed by atoms with Crippen LogP contribution in [0.25, 0.3) is 0 Å². The fraction of sp³-hybridized carbons (Fsp3) is 0.706. The van der Waals surface area contributed by atoms with Crippen LogP contribution < -0.4 is 5.32 Å². The predicted octanol–water partition coefficient (Wildman–Crippen LogP) is 5.32. The van der Waals surface area contributed by atoms with Gasteiger partial charge in [-0.1, -0.05) is 12.1 Å². The molecule has 0 aromatic heterocycles. The first kappa shape index (κ1) is 61.6. The maximum absolute atomic E-state index is 13.7. The molecule has 1 heterocycles. The Hall–Kier alpha value is -5.47. The van der Waals surface area contributed by atoms with E-state index in [4.69, 9.17) is 28.5 Å². The van der Waals surface area contributed by atoms with Crippen molar-refractivity contribution in [1.29, 1.82) is 0 Å². The third-order valence-electron chi connectivity index (χ3n) is 9.61. The van der Waals surface area contributed by atoms with Gasteiger partial charge in [0.05, 0.1) is 32.7 Å². The molecule has 1 fully saturated rings. The third kappa shape index (κ3) is 27.1. The molecule has 2 rings (SSSR count). The van der Waals surface area contributed by atoms with Crippen LogP contribution in [0.15, 0.2) is 24.3 Å². The Bertz CT molecular complexity index is 1940. The number of ether oxygens (including phenoxy) is 5. The minimum absolute atomic E-state index is 0.0307. The number of imide groups is 1. The largest absolute Gasteiger partial charge is 0.459 e. The average Bonchev–Trinajstić information content (AvgIpc) is 3.46. The summed E-state index contributed by atoms with van der Waals surface area (Å²) in [6, 6.07) is 5.53. The summed E-state index contributed by atoms with van der Waals surface area (Å²) in [5.74, 6) is -5.40. The lowest BCUT2D eigenvalue weighted by Gasteiger charge is -2.38. The van der Waals surface area contributed by atoms with E-state index in [1.807, 2.05) is 0 Å². The summed E-state index contributed by atoms with van der Waals surface area (Å²) in [6.07, 6.45) is -0.0706. The van der Waals surface area contributed by atoms with Gasteiger partial charge in [0.25, 0.3) is 11.8 Å². The highest BCUT2D eigenvalue weighted by Crippen LogP contribution is 2.21. The first-order valence-corrected chi connectivity index (χ1v) is 24.1. The molecule has 3 amide bonds. The van der Waals surface area contributed by atoms with Gasteiger partial charge in [-0.05, 0) is 141 Å². The quantitative estimate of drug-likeness (QED) is 0.0784. The molecular formula is C51H81N5O15. The number of benzene rings is 1. The highest BCUT2D eigenvalue weighted by Gasteiger charge is 2.35. The van der Waals surface area contributed by atoms with Gasteiger partial charge in [-0.25, -0.2) is 4.79 Å². The number of hydrogen-bond acceptors (Lipinski definition) is 18.